The summed E-state index contributed by atoms with van der Waals surface area (Å²) in [6.45, 7) is 8.04. The zero-order valence-corrected chi connectivity index (χ0v) is 11.1. The molecule has 0 rings (SSSR count). The Balaban J connectivity index is 4.10. The molecular formula is C11H24N2OS. The summed E-state index contributed by atoms with van der Waals surface area (Å²) in [5.74, 6) is 2.01. The van der Waals surface area contributed by atoms with E-state index in [2.05, 4.69) is 12.2 Å². The predicted octanol–water partition coefficient (Wildman–Crippen LogP) is 1.76. The second kappa shape index (κ2) is 7.12. The predicted molar refractivity (Wildman–Crippen MR) is 68.1 cm³/mol. The van der Waals surface area contributed by atoms with Crippen LogP contribution in [0, 0.1) is 0 Å². The maximum atomic E-state index is 11.9. The van der Waals surface area contributed by atoms with Gasteiger partial charge in [-0.1, -0.05) is 20.8 Å². The van der Waals surface area contributed by atoms with E-state index in [0.29, 0.717) is 12.8 Å². The highest BCUT2D eigenvalue weighted by Crippen LogP contribution is 2.12. The van der Waals surface area contributed by atoms with Crippen molar-refractivity contribution in [3.8, 4) is 0 Å². The number of rotatable bonds is 7. The first-order valence-corrected chi connectivity index (χ1v) is 6.83. The lowest BCUT2D eigenvalue weighted by atomic mass is 9.93. The molecule has 0 spiro atoms. The second-order valence-corrected chi connectivity index (χ2v) is 5.22. The van der Waals surface area contributed by atoms with Gasteiger partial charge in [0.15, 0.2) is 0 Å². The van der Waals surface area contributed by atoms with E-state index in [4.69, 9.17) is 5.73 Å². The molecule has 0 aromatic heterocycles. The van der Waals surface area contributed by atoms with Gasteiger partial charge in [0.05, 0.1) is 5.54 Å². The zero-order valence-electron chi connectivity index (χ0n) is 10.3. The molecular weight excluding hydrogens is 208 g/mol. The van der Waals surface area contributed by atoms with Gasteiger partial charge < -0.3 is 11.1 Å². The Morgan fingerprint density at radius 1 is 1.40 bits per heavy atom. The van der Waals surface area contributed by atoms with Crippen molar-refractivity contribution in [1.29, 1.82) is 0 Å². The fraction of sp³-hybridized carbons (Fsp3) is 0.909. The third kappa shape index (κ3) is 4.89. The van der Waals surface area contributed by atoms with Crippen molar-refractivity contribution < 1.29 is 4.79 Å². The van der Waals surface area contributed by atoms with Gasteiger partial charge in [-0.2, -0.15) is 11.8 Å². The highest BCUT2D eigenvalue weighted by molar-refractivity contribution is 7.99. The molecule has 3 N–H and O–H groups in total. The number of carbonyl (C=O) groups excluding carboxylic acids is 1. The van der Waals surface area contributed by atoms with Crippen LogP contribution in [-0.4, -0.2) is 29.0 Å². The Morgan fingerprint density at radius 2 is 1.93 bits per heavy atom. The van der Waals surface area contributed by atoms with E-state index in [1.54, 1.807) is 0 Å². The topological polar surface area (TPSA) is 55.1 Å². The average Bonchev–Trinajstić information content (AvgIpc) is 2.24. The van der Waals surface area contributed by atoms with Crippen LogP contribution in [0.15, 0.2) is 0 Å². The Labute approximate surface area is 97.6 Å². The van der Waals surface area contributed by atoms with Crippen molar-refractivity contribution in [3.05, 3.63) is 0 Å². The molecule has 0 aliphatic heterocycles. The van der Waals surface area contributed by atoms with E-state index in [1.807, 2.05) is 32.5 Å². The molecule has 0 heterocycles. The van der Waals surface area contributed by atoms with Gasteiger partial charge in [0.2, 0.25) is 5.91 Å². The highest BCUT2D eigenvalue weighted by atomic mass is 32.2. The summed E-state index contributed by atoms with van der Waals surface area (Å²) in [6, 6.07) is 0.198. The number of nitrogens with one attached hydrogen (secondary N) is 1. The van der Waals surface area contributed by atoms with Crippen molar-refractivity contribution in [2.24, 2.45) is 5.73 Å². The molecule has 1 atom stereocenters. The summed E-state index contributed by atoms with van der Waals surface area (Å²) in [5, 5.41) is 2.97. The molecule has 0 aliphatic rings. The molecule has 1 amide bonds. The smallest absolute Gasteiger partial charge is 0.240 e. The molecule has 3 nitrogen and oxygen atoms in total. The van der Waals surface area contributed by atoms with Crippen molar-refractivity contribution in [1.82, 2.24) is 5.32 Å². The van der Waals surface area contributed by atoms with Crippen molar-refractivity contribution >= 4 is 17.7 Å². The average molecular weight is 232 g/mol. The highest BCUT2D eigenvalue weighted by Gasteiger charge is 2.30. The van der Waals surface area contributed by atoms with Gasteiger partial charge in [-0.3, -0.25) is 4.79 Å². The minimum atomic E-state index is -0.689. The van der Waals surface area contributed by atoms with E-state index < -0.39 is 5.54 Å². The molecule has 0 fully saturated rings. The van der Waals surface area contributed by atoms with E-state index >= 15 is 0 Å². The number of amides is 1. The van der Waals surface area contributed by atoms with Gasteiger partial charge in [0, 0.05) is 11.8 Å². The first-order chi connectivity index (χ1) is 7.00. The van der Waals surface area contributed by atoms with E-state index in [-0.39, 0.29) is 11.9 Å². The number of thioether (sulfide) groups is 1. The summed E-state index contributed by atoms with van der Waals surface area (Å²) in [6.07, 6.45) is 1.37. The van der Waals surface area contributed by atoms with Crippen LogP contribution in [0.1, 0.15) is 40.5 Å². The maximum Gasteiger partial charge on any atom is 0.240 e. The van der Waals surface area contributed by atoms with Gasteiger partial charge >= 0.3 is 0 Å². The first-order valence-electron chi connectivity index (χ1n) is 5.67. The SMILES string of the molecule is CCSCC(C)NC(=O)C(N)(CC)CC. The molecule has 1 unspecified atom stereocenters. The molecule has 4 heteroatoms. The van der Waals surface area contributed by atoms with Crippen LogP contribution in [0.3, 0.4) is 0 Å². The number of hydrogen-bond acceptors (Lipinski definition) is 3. The Bertz CT molecular complexity index is 193. The van der Waals surface area contributed by atoms with Crippen LogP contribution in [-0.2, 0) is 4.79 Å². The summed E-state index contributed by atoms with van der Waals surface area (Å²) in [5.41, 5.74) is 5.31. The zero-order chi connectivity index (χ0) is 11.9. The molecule has 0 aromatic carbocycles. The number of carbonyl (C=O) groups is 1. The molecule has 90 valence electrons. The molecule has 0 bridgehead atoms. The lowest BCUT2D eigenvalue weighted by Gasteiger charge is -2.27. The van der Waals surface area contributed by atoms with Crippen LogP contribution in [0.4, 0.5) is 0 Å². The van der Waals surface area contributed by atoms with Crippen LogP contribution in [0.25, 0.3) is 0 Å². The van der Waals surface area contributed by atoms with Crippen molar-refractivity contribution in [3.63, 3.8) is 0 Å². The Hall–Kier alpha value is -0.220. The summed E-state index contributed by atoms with van der Waals surface area (Å²) < 4.78 is 0. The Kier molecular flexibility index (Phi) is 7.02. The number of nitrogens with two attached hydrogens (primary N) is 1. The molecule has 0 aliphatic carbocycles. The van der Waals surface area contributed by atoms with Gasteiger partial charge in [-0.15, -0.1) is 0 Å². The van der Waals surface area contributed by atoms with E-state index in [9.17, 15) is 4.79 Å². The largest absolute Gasteiger partial charge is 0.351 e. The fourth-order valence-corrected chi connectivity index (χ4v) is 1.95. The van der Waals surface area contributed by atoms with Gasteiger partial charge in [-0.25, -0.2) is 0 Å². The third-order valence-electron chi connectivity index (χ3n) is 2.66. The molecule has 0 saturated heterocycles. The van der Waals surface area contributed by atoms with Gasteiger partial charge in [0.25, 0.3) is 0 Å². The Morgan fingerprint density at radius 3 is 2.33 bits per heavy atom. The fourth-order valence-electron chi connectivity index (χ4n) is 1.27. The van der Waals surface area contributed by atoms with Crippen LogP contribution < -0.4 is 11.1 Å². The first kappa shape index (κ1) is 14.8. The van der Waals surface area contributed by atoms with Crippen LogP contribution >= 0.6 is 11.8 Å². The standard InChI is InChI=1S/C11H24N2OS/c1-5-11(12,6-2)10(14)13-9(4)8-15-7-3/h9H,5-8,12H2,1-4H3,(H,13,14). The summed E-state index contributed by atoms with van der Waals surface area (Å²) >= 11 is 1.83. The van der Waals surface area contributed by atoms with Gasteiger partial charge in [-0.05, 0) is 25.5 Å². The minimum absolute atomic E-state index is 0.0169. The summed E-state index contributed by atoms with van der Waals surface area (Å²) in [7, 11) is 0. The lowest BCUT2D eigenvalue weighted by molar-refractivity contribution is -0.127. The molecule has 0 radical (unpaired) electrons. The second-order valence-electron chi connectivity index (χ2n) is 3.90. The van der Waals surface area contributed by atoms with Crippen LogP contribution in [0.5, 0.6) is 0 Å². The van der Waals surface area contributed by atoms with E-state index in [1.165, 1.54) is 0 Å². The van der Waals surface area contributed by atoms with Crippen molar-refractivity contribution in [2.75, 3.05) is 11.5 Å². The van der Waals surface area contributed by atoms with Gasteiger partial charge in [0.1, 0.15) is 0 Å². The maximum absolute atomic E-state index is 11.9. The third-order valence-corrected chi connectivity index (χ3v) is 3.81. The molecule has 0 saturated carbocycles. The normalized spacial score (nSPS) is 13.7. The molecule has 15 heavy (non-hydrogen) atoms. The summed E-state index contributed by atoms with van der Waals surface area (Å²) in [4.78, 5) is 11.9. The van der Waals surface area contributed by atoms with Crippen molar-refractivity contribution in [2.45, 2.75) is 52.1 Å². The lowest BCUT2D eigenvalue weighted by Crippen LogP contribution is -2.55. The van der Waals surface area contributed by atoms with E-state index in [0.717, 1.165) is 11.5 Å². The number of hydrogen-bond donors (Lipinski definition) is 2. The monoisotopic (exact) mass is 232 g/mol. The molecule has 0 aromatic rings. The minimum Gasteiger partial charge on any atom is -0.351 e. The quantitative estimate of drug-likeness (QED) is 0.703. The van der Waals surface area contributed by atoms with Crippen LogP contribution in [0.2, 0.25) is 0 Å².